The number of hydrogen-bond donors (Lipinski definition) is 2. The highest BCUT2D eigenvalue weighted by Gasteiger charge is 2.18. The van der Waals surface area contributed by atoms with Gasteiger partial charge in [0.05, 0.1) is 6.26 Å². The van der Waals surface area contributed by atoms with E-state index in [2.05, 4.69) is 27.4 Å². The average molecular weight is 420 g/mol. The summed E-state index contributed by atoms with van der Waals surface area (Å²) in [6, 6.07) is 3.35. The van der Waals surface area contributed by atoms with Gasteiger partial charge in [0.15, 0.2) is 11.7 Å². The number of amides is 1. The Balaban J connectivity index is 0.00000242. The molecule has 22 heavy (non-hydrogen) atoms. The monoisotopic (exact) mass is 420 g/mol. The maximum absolute atomic E-state index is 11.7. The minimum atomic E-state index is -0.191. The van der Waals surface area contributed by atoms with Gasteiger partial charge in [0.25, 0.3) is 5.91 Å². The van der Waals surface area contributed by atoms with E-state index in [4.69, 9.17) is 4.42 Å². The summed E-state index contributed by atoms with van der Waals surface area (Å²) >= 11 is 0. The minimum absolute atomic E-state index is 0. The molecule has 1 aliphatic rings. The molecule has 0 aromatic carbocycles. The van der Waals surface area contributed by atoms with Crippen LogP contribution in [0.1, 0.15) is 30.3 Å². The first-order chi connectivity index (χ1) is 10.2. The van der Waals surface area contributed by atoms with Crippen molar-refractivity contribution in [3.8, 4) is 0 Å². The Morgan fingerprint density at radius 2 is 2.23 bits per heavy atom. The van der Waals surface area contributed by atoms with Gasteiger partial charge in [-0.1, -0.05) is 6.92 Å². The van der Waals surface area contributed by atoms with E-state index in [-0.39, 0.29) is 29.9 Å². The van der Waals surface area contributed by atoms with E-state index in [1.165, 1.54) is 19.1 Å². The molecule has 124 valence electrons. The van der Waals surface area contributed by atoms with E-state index in [1.54, 1.807) is 19.2 Å². The molecule has 2 rings (SSSR count). The quantitative estimate of drug-likeness (QED) is 0.338. The molecule has 6 nitrogen and oxygen atoms in total. The molecular formula is C15H25IN4O2. The maximum atomic E-state index is 11.7. The summed E-state index contributed by atoms with van der Waals surface area (Å²) in [5.41, 5.74) is 0. The first-order valence-electron chi connectivity index (χ1n) is 7.48. The van der Waals surface area contributed by atoms with Crippen LogP contribution < -0.4 is 10.6 Å². The zero-order chi connectivity index (χ0) is 15.1. The first-order valence-corrected chi connectivity index (χ1v) is 7.48. The summed E-state index contributed by atoms with van der Waals surface area (Å²) in [4.78, 5) is 18.3. The zero-order valence-electron chi connectivity index (χ0n) is 13.2. The van der Waals surface area contributed by atoms with Gasteiger partial charge in [-0.2, -0.15) is 0 Å². The second-order valence-corrected chi connectivity index (χ2v) is 5.40. The Kier molecular flexibility index (Phi) is 8.29. The number of nitrogens with one attached hydrogen (secondary N) is 2. The van der Waals surface area contributed by atoms with Crippen molar-refractivity contribution >= 4 is 35.8 Å². The van der Waals surface area contributed by atoms with E-state index >= 15 is 0 Å². The molecule has 1 unspecified atom stereocenters. The van der Waals surface area contributed by atoms with Gasteiger partial charge in [0.1, 0.15) is 0 Å². The number of aliphatic imine (C=N–C) groups is 1. The van der Waals surface area contributed by atoms with Crippen LogP contribution in [0.5, 0.6) is 0 Å². The summed E-state index contributed by atoms with van der Waals surface area (Å²) in [6.45, 7) is 5.52. The SMILES string of the molecule is CN=C(NCCNC(=O)c1ccco1)N1CCCC(C)C1.I. The van der Waals surface area contributed by atoms with Gasteiger partial charge in [0, 0.05) is 33.2 Å². The van der Waals surface area contributed by atoms with E-state index in [1.807, 2.05) is 0 Å². The number of carbonyl (C=O) groups excluding carboxylic acids is 1. The van der Waals surface area contributed by atoms with Crippen molar-refractivity contribution in [2.24, 2.45) is 10.9 Å². The number of halogens is 1. The molecule has 0 saturated carbocycles. The third-order valence-corrected chi connectivity index (χ3v) is 3.61. The normalized spacial score (nSPS) is 18.5. The fraction of sp³-hybridized carbons (Fsp3) is 0.600. The van der Waals surface area contributed by atoms with Gasteiger partial charge in [-0.05, 0) is 30.9 Å². The van der Waals surface area contributed by atoms with Gasteiger partial charge in [-0.15, -0.1) is 24.0 Å². The van der Waals surface area contributed by atoms with Gasteiger partial charge < -0.3 is 20.0 Å². The van der Waals surface area contributed by atoms with Gasteiger partial charge in [-0.25, -0.2) is 0 Å². The van der Waals surface area contributed by atoms with Crippen molar-refractivity contribution < 1.29 is 9.21 Å². The Hall–Kier alpha value is -1.25. The molecule has 0 radical (unpaired) electrons. The summed E-state index contributed by atoms with van der Waals surface area (Å²) in [6.07, 6.45) is 3.98. The highest BCUT2D eigenvalue weighted by molar-refractivity contribution is 14.0. The number of carbonyl (C=O) groups is 1. The lowest BCUT2D eigenvalue weighted by molar-refractivity contribution is 0.0926. The minimum Gasteiger partial charge on any atom is -0.459 e. The lowest BCUT2D eigenvalue weighted by atomic mass is 10.0. The van der Waals surface area contributed by atoms with Crippen LogP contribution in [0.4, 0.5) is 0 Å². The summed E-state index contributed by atoms with van der Waals surface area (Å²) < 4.78 is 5.04. The Morgan fingerprint density at radius 1 is 1.45 bits per heavy atom. The number of furan rings is 1. The van der Waals surface area contributed by atoms with Crippen LogP contribution >= 0.6 is 24.0 Å². The molecule has 1 fully saturated rings. The third kappa shape index (κ3) is 5.51. The first kappa shape index (κ1) is 18.8. The van der Waals surface area contributed by atoms with Crippen LogP contribution in [-0.2, 0) is 0 Å². The summed E-state index contributed by atoms with van der Waals surface area (Å²) in [5.74, 6) is 1.76. The second-order valence-electron chi connectivity index (χ2n) is 5.40. The summed E-state index contributed by atoms with van der Waals surface area (Å²) in [5, 5.41) is 6.10. The average Bonchev–Trinajstić information content (AvgIpc) is 3.01. The Morgan fingerprint density at radius 3 is 2.86 bits per heavy atom. The molecule has 1 aromatic rings. The van der Waals surface area contributed by atoms with Crippen LogP contribution in [0.25, 0.3) is 0 Å². The number of piperidine rings is 1. The van der Waals surface area contributed by atoms with E-state index in [0.29, 0.717) is 24.8 Å². The molecular weight excluding hydrogens is 395 g/mol. The van der Waals surface area contributed by atoms with Crippen molar-refractivity contribution in [3.63, 3.8) is 0 Å². The zero-order valence-corrected chi connectivity index (χ0v) is 15.5. The lowest BCUT2D eigenvalue weighted by Crippen LogP contribution is -2.47. The molecule has 1 atom stereocenters. The Labute approximate surface area is 148 Å². The Bertz CT molecular complexity index is 476. The van der Waals surface area contributed by atoms with Gasteiger partial charge in [-0.3, -0.25) is 9.79 Å². The molecule has 2 N–H and O–H groups in total. The van der Waals surface area contributed by atoms with E-state index in [0.717, 1.165) is 19.0 Å². The molecule has 7 heteroatoms. The van der Waals surface area contributed by atoms with Crippen molar-refractivity contribution in [2.75, 3.05) is 33.2 Å². The number of guanidine groups is 1. The predicted molar refractivity (Wildman–Crippen MR) is 97.8 cm³/mol. The van der Waals surface area contributed by atoms with Crippen molar-refractivity contribution in [1.29, 1.82) is 0 Å². The smallest absolute Gasteiger partial charge is 0.287 e. The van der Waals surface area contributed by atoms with E-state index in [9.17, 15) is 4.79 Å². The number of likely N-dealkylation sites (tertiary alicyclic amines) is 1. The standard InChI is InChI=1S/C15H24N4O2.HI/c1-12-5-3-9-19(11-12)15(16-2)18-8-7-17-14(20)13-6-4-10-21-13;/h4,6,10,12H,3,5,7-9,11H2,1-2H3,(H,16,18)(H,17,20);1H. The van der Waals surface area contributed by atoms with Crippen LogP contribution in [0.15, 0.2) is 27.8 Å². The highest BCUT2D eigenvalue weighted by atomic mass is 127. The lowest BCUT2D eigenvalue weighted by Gasteiger charge is -2.33. The van der Waals surface area contributed by atoms with E-state index < -0.39 is 0 Å². The highest BCUT2D eigenvalue weighted by Crippen LogP contribution is 2.15. The maximum Gasteiger partial charge on any atom is 0.287 e. The molecule has 1 saturated heterocycles. The predicted octanol–water partition coefficient (Wildman–Crippen LogP) is 1.93. The molecule has 1 amide bonds. The van der Waals surface area contributed by atoms with Gasteiger partial charge in [0.2, 0.25) is 0 Å². The fourth-order valence-corrected chi connectivity index (χ4v) is 2.56. The number of hydrogen-bond acceptors (Lipinski definition) is 3. The molecule has 1 aromatic heterocycles. The second kappa shape index (κ2) is 9.70. The fourth-order valence-electron chi connectivity index (χ4n) is 2.56. The topological polar surface area (TPSA) is 69.9 Å². The molecule has 0 bridgehead atoms. The largest absolute Gasteiger partial charge is 0.459 e. The third-order valence-electron chi connectivity index (χ3n) is 3.61. The van der Waals surface area contributed by atoms with Crippen molar-refractivity contribution in [1.82, 2.24) is 15.5 Å². The van der Waals surface area contributed by atoms with Crippen LogP contribution in [-0.4, -0.2) is 50.0 Å². The molecule has 0 aliphatic carbocycles. The van der Waals surface area contributed by atoms with Crippen LogP contribution in [0.3, 0.4) is 0 Å². The van der Waals surface area contributed by atoms with Crippen molar-refractivity contribution in [2.45, 2.75) is 19.8 Å². The number of rotatable bonds is 4. The van der Waals surface area contributed by atoms with Crippen molar-refractivity contribution in [3.05, 3.63) is 24.2 Å². The molecule has 0 spiro atoms. The van der Waals surface area contributed by atoms with Gasteiger partial charge >= 0.3 is 0 Å². The molecule has 2 heterocycles. The van der Waals surface area contributed by atoms with Crippen LogP contribution in [0, 0.1) is 5.92 Å². The number of nitrogens with zero attached hydrogens (tertiary/aromatic N) is 2. The van der Waals surface area contributed by atoms with Crippen LogP contribution in [0.2, 0.25) is 0 Å². The summed E-state index contributed by atoms with van der Waals surface area (Å²) in [7, 11) is 1.79. The molecule has 1 aliphatic heterocycles.